The zero-order valence-corrected chi connectivity index (χ0v) is 13.3. The molecule has 2 aromatic rings. The first-order valence-electron chi connectivity index (χ1n) is 8.34. The molecule has 4 rings (SSSR count). The molecular formula is C22H19FO. The molecule has 2 atom stereocenters. The Kier molecular flexibility index (Phi) is 3.81. The van der Waals surface area contributed by atoms with Crippen molar-refractivity contribution >= 4 is 5.57 Å². The minimum absolute atomic E-state index is 0.126. The molecule has 0 amide bonds. The van der Waals surface area contributed by atoms with Gasteiger partial charge in [0.05, 0.1) is 0 Å². The van der Waals surface area contributed by atoms with E-state index < -0.39 is 12.1 Å². The first kappa shape index (κ1) is 14.9. The SMILES string of the molecule is OC1=CC(C=C2c3ccccc3CCc3ccccc32)C(F)C=C1. The van der Waals surface area contributed by atoms with E-state index in [2.05, 4.69) is 36.4 Å². The third-order valence-corrected chi connectivity index (χ3v) is 4.82. The summed E-state index contributed by atoms with van der Waals surface area (Å²) in [6, 6.07) is 16.7. The van der Waals surface area contributed by atoms with Gasteiger partial charge < -0.3 is 5.11 Å². The van der Waals surface area contributed by atoms with E-state index in [1.54, 1.807) is 6.08 Å². The van der Waals surface area contributed by atoms with Crippen LogP contribution in [0.15, 0.2) is 78.6 Å². The van der Waals surface area contributed by atoms with E-state index >= 15 is 0 Å². The van der Waals surface area contributed by atoms with Gasteiger partial charge in [-0.2, -0.15) is 0 Å². The van der Waals surface area contributed by atoms with Gasteiger partial charge in [0.25, 0.3) is 0 Å². The average molecular weight is 318 g/mol. The summed E-state index contributed by atoms with van der Waals surface area (Å²) in [5, 5.41) is 9.75. The van der Waals surface area contributed by atoms with Gasteiger partial charge in [0, 0.05) is 5.92 Å². The van der Waals surface area contributed by atoms with Gasteiger partial charge in [0.15, 0.2) is 0 Å². The molecule has 24 heavy (non-hydrogen) atoms. The van der Waals surface area contributed by atoms with Crippen molar-refractivity contribution in [3.8, 4) is 0 Å². The summed E-state index contributed by atoms with van der Waals surface area (Å²) < 4.78 is 14.3. The Morgan fingerprint density at radius 1 is 0.917 bits per heavy atom. The smallest absolute Gasteiger partial charge is 0.129 e. The maximum absolute atomic E-state index is 14.3. The number of halogens is 1. The second kappa shape index (κ2) is 6.12. The number of benzene rings is 2. The number of hydrogen-bond donors (Lipinski definition) is 1. The van der Waals surface area contributed by atoms with Crippen LogP contribution in [0.3, 0.4) is 0 Å². The van der Waals surface area contributed by atoms with Crippen molar-refractivity contribution in [3.05, 3.63) is 101 Å². The van der Waals surface area contributed by atoms with Crippen LogP contribution < -0.4 is 0 Å². The van der Waals surface area contributed by atoms with E-state index in [-0.39, 0.29) is 5.76 Å². The van der Waals surface area contributed by atoms with Crippen LogP contribution in [0.5, 0.6) is 0 Å². The van der Waals surface area contributed by atoms with Gasteiger partial charge in [0.1, 0.15) is 11.9 Å². The molecule has 2 aliphatic carbocycles. The Morgan fingerprint density at radius 2 is 1.50 bits per heavy atom. The molecule has 1 nitrogen and oxygen atoms in total. The van der Waals surface area contributed by atoms with E-state index in [9.17, 15) is 9.50 Å². The van der Waals surface area contributed by atoms with Gasteiger partial charge in [-0.3, -0.25) is 0 Å². The molecule has 0 radical (unpaired) electrons. The molecule has 0 saturated carbocycles. The highest BCUT2D eigenvalue weighted by atomic mass is 19.1. The summed E-state index contributed by atoms with van der Waals surface area (Å²) in [6.07, 6.45) is 7.25. The number of fused-ring (bicyclic) bond motifs is 2. The number of alkyl halides is 1. The standard InChI is InChI=1S/C22H19FO/c23-22-12-11-18(24)13-17(22)14-21-19-7-3-1-5-15(19)9-10-16-6-2-4-8-20(16)21/h1-8,11-14,17,22,24H,9-10H2. The molecule has 0 aliphatic heterocycles. The molecule has 0 spiro atoms. The predicted molar refractivity (Wildman–Crippen MR) is 95.6 cm³/mol. The van der Waals surface area contributed by atoms with Crippen LogP contribution in [0.2, 0.25) is 0 Å². The van der Waals surface area contributed by atoms with Crippen molar-refractivity contribution in [3.63, 3.8) is 0 Å². The Labute approximate surface area is 141 Å². The van der Waals surface area contributed by atoms with Crippen LogP contribution in [0.1, 0.15) is 22.3 Å². The first-order chi connectivity index (χ1) is 11.7. The van der Waals surface area contributed by atoms with Gasteiger partial charge in [-0.25, -0.2) is 4.39 Å². The molecule has 0 fully saturated rings. The Balaban J connectivity index is 1.90. The number of allylic oxidation sites excluding steroid dienone is 4. The van der Waals surface area contributed by atoms with Gasteiger partial charge in [-0.1, -0.05) is 54.6 Å². The van der Waals surface area contributed by atoms with Crippen LogP contribution in [-0.4, -0.2) is 11.3 Å². The number of aliphatic hydroxyl groups is 1. The van der Waals surface area contributed by atoms with Crippen molar-refractivity contribution in [1.82, 2.24) is 0 Å². The molecule has 0 heterocycles. The summed E-state index contributed by atoms with van der Waals surface area (Å²) in [5.74, 6) is -0.329. The van der Waals surface area contributed by atoms with Crippen LogP contribution >= 0.6 is 0 Å². The number of hydrogen-bond acceptors (Lipinski definition) is 1. The second-order valence-electron chi connectivity index (χ2n) is 6.37. The number of aliphatic hydroxyl groups excluding tert-OH is 1. The summed E-state index contributed by atoms with van der Waals surface area (Å²) in [4.78, 5) is 0. The second-order valence-corrected chi connectivity index (χ2v) is 6.37. The third-order valence-electron chi connectivity index (χ3n) is 4.82. The molecule has 2 heteroatoms. The fourth-order valence-corrected chi connectivity index (χ4v) is 3.59. The molecule has 0 aromatic heterocycles. The summed E-state index contributed by atoms with van der Waals surface area (Å²) >= 11 is 0. The number of rotatable bonds is 1. The Hall–Kier alpha value is -2.61. The zero-order valence-electron chi connectivity index (χ0n) is 13.3. The zero-order chi connectivity index (χ0) is 16.5. The van der Waals surface area contributed by atoms with E-state index in [1.165, 1.54) is 23.3 Å². The lowest BCUT2D eigenvalue weighted by Crippen LogP contribution is -2.13. The highest BCUT2D eigenvalue weighted by Crippen LogP contribution is 2.35. The molecule has 2 aliphatic rings. The highest BCUT2D eigenvalue weighted by molar-refractivity contribution is 5.84. The van der Waals surface area contributed by atoms with Gasteiger partial charge in [0.2, 0.25) is 0 Å². The topological polar surface area (TPSA) is 20.2 Å². The van der Waals surface area contributed by atoms with Gasteiger partial charge >= 0.3 is 0 Å². The lowest BCUT2D eigenvalue weighted by atomic mass is 9.88. The van der Waals surface area contributed by atoms with Crippen molar-refractivity contribution in [2.24, 2.45) is 5.92 Å². The fraction of sp³-hybridized carbons (Fsp3) is 0.182. The van der Waals surface area contributed by atoms with Crippen LogP contribution in [0.25, 0.3) is 5.57 Å². The molecule has 0 bridgehead atoms. The predicted octanol–water partition coefficient (Wildman–Crippen LogP) is 5.18. The third kappa shape index (κ3) is 2.69. The van der Waals surface area contributed by atoms with E-state index in [4.69, 9.17) is 0 Å². The monoisotopic (exact) mass is 318 g/mol. The van der Waals surface area contributed by atoms with Crippen molar-refractivity contribution in [2.75, 3.05) is 0 Å². The summed E-state index contributed by atoms with van der Waals surface area (Å²) in [7, 11) is 0. The molecule has 0 saturated heterocycles. The maximum atomic E-state index is 14.3. The van der Waals surface area contributed by atoms with Crippen LogP contribution in [-0.2, 0) is 12.8 Å². The van der Waals surface area contributed by atoms with Crippen molar-refractivity contribution in [1.29, 1.82) is 0 Å². The Bertz CT molecular complexity index is 810. The Morgan fingerprint density at radius 3 is 2.12 bits per heavy atom. The normalized spacial score (nSPS) is 22.2. The molecule has 2 aromatic carbocycles. The van der Waals surface area contributed by atoms with Crippen molar-refractivity contribution < 1.29 is 9.50 Å². The highest BCUT2D eigenvalue weighted by Gasteiger charge is 2.23. The first-order valence-corrected chi connectivity index (χ1v) is 8.34. The quantitative estimate of drug-likeness (QED) is 0.768. The molecular weight excluding hydrogens is 299 g/mol. The largest absolute Gasteiger partial charge is 0.508 e. The van der Waals surface area contributed by atoms with E-state index in [0.717, 1.165) is 29.5 Å². The lowest BCUT2D eigenvalue weighted by Gasteiger charge is -2.19. The summed E-state index contributed by atoms with van der Waals surface area (Å²) in [6.45, 7) is 0. The van der Waals surface area contributed by atoms with E-state index in [1.807, 2.05) is 18.2 Å². The molecule has 2 unspecified atom stereocenters. The van der Waals surface area contributed by atoms with E-state index in [0.29, 0.717) is 0 Å². The van der Waals surface area contributed by atoms with Crippen molar-refractivity contribution in [2.45, 2.75) is 19.0 Å². The fourth-order valence-electron chi connectivity index (χ4n) is 3.59. The maximum Gasteiger partial charge on any atom is 0.129 e. The summed E-state index contributed by atoms with van der Waals surface area (Å²) in [5.41, 5.74) is 5.96. The average Bonchev–Trinajstić information content (AvgIpc) is 2.76. The minimum Gasteiger partial charge on any atom is -0.508 e. The molecule has 1 N–H and O–H groups in total. The number of aryl methyl sites for hydroxylation is 2. The van der Waals surface area contributed by atoms with Crippen LogP contribution in [0, 0.1) is 5.92 Å². The van der Waals surface area contributed by atoms with Gasteiger partial charge in [-0.05, 0) is 58.9 Å². The van der Waals surface area contributed by atoms with Gasteiger partial charge in [-0.15, -0.1) is 0 Å². The molecule has 120 valence electrons. The minimum atomic E-state index is -1.11. The van der Waals surface area contributed by atoms with Crippen LogP contribution in [0.4, 0.5) is 4.39 Å². The lowest BCUT2D eigenvalue weighted by molar-refractivity contribution is 0.335.